The minimum atomic E-state index is -0.654. The van der Waals surface area contributed by atoms with E-state index in [0.29, 0.717) is 15.1 Å². The lowest BCUT2D eigenvalue weighted by Crippen LogP contribution is -2.37. The molecule has 0 radical (unpaired) electrons. The number of rotatable bonds is 4. The first-order valence-corrected chi connectivity index (χ1v) is 8.22. The molecule has 1 N–H and O–H groups in total. The van der Waals surface area contributed by atoms with Gasteiger partial charge in [-0.15, -0.1) is 11.3 Å². The Morgan fingerprint density at radius 3 is 3.00 bits per heavy atom. The number of anilines is 1. The lowest BCUT2D eigenvalue weighted by molar-refractivity contribution is -0.383. The molecule has 2 rings (SSSR count). The summed E-state index contributed by atoms with van der Waals surface area (Å²) in [5.74, 6) is 0.998. The Morgan fingerprint density at radius 1 is 1.68 bits per heavy atom. The van der Waals surface area contributed by atoms with E-state index in [1.165, 1.54) is 17.4 Å². The zero-order valence-electron chi connectivity index (χ0n) is 11.0. The van der Waals surface area contributed by atoms with Crippen LogP contribution in [0.2, 0.25) is 0 Å². The third kappa shape index (κ3) is 3.21. The molecule has 0 aromatic carbocycles. The number of aliphatic hydroxyl groups is 1. The van der Waals surface area contributed by atoms with Gasteiger partial charge in [-0.3, -0.25) is 10.1 Å². The number of nitrogens with zero attached hydrogens (tertiary/aromatic N) is 2. The van der Waals surface area contributed by atoms with Crippen molar-refractivity contribution in [3.8, 4) is 0 Å². The Hall–Kier alpha value is -0.790. The van der Waals surface area contributed by atoms with E-state index in [4.69, 9.17) is 0 Å². The van der Waals surface area contributed by atoms with Crippen molar-refractivity contribution >= 4 is 33.8 Å². The number of thiophene rings is 1. The van der Waals surface area contributed by atoms with Gasteiger partial charge >= 0.3 is 5.69 Å². The second-order valence-electron chi connectivity index (χ2n) is 4.62. The van der Waals surface area contributed by atoms with Crippen LogP contribution in [-0.4, -0.2) is 34.1 Å². The van der Waals surface area contributed by atoms with Crippen molar-refractivity contribution in [3.05, 3.63) is 21.1 Å². The molecule has 1 aliphatic heterocycles. The van der Waals surface area contributed by atoms with E-state index in [2.05, 4.69) is 11.8 Å². The molecule has 7 heteroatoms. The van der Waals surface area contributed by atoms with Gasteiger partial charge in [0, 0.05) is 35.0 Å². The monoisotopic (exact) mass is 302 g/mol. The van der Waals surface area contributed by atoms with Gasteiger partial charge in [0.15, 0.2) is 5.00 Å². The minimum absolute atomic E-state index is 0.127. The molecule has 1 aliphatic rings. The molecule has 1 saturated heterocycles. The lowest BCUT2D eigenvalue weighted by atomic mass is 10.3. The zero-order valence-corrected chi connectivity index (χ0v) is 12.7. The standard InChI is InChI=1S/C12H18N2O3S2/c1-3-9-7-13(4-5-18-9)12-10(14(16)17)6-11(19-12)8(2)15/h6,8-9,15H,3-5,7H2,1-2H3/t8-,9?/m0/s1. The van der Waals surface area contributed by atoms with Crippen LogP contribution < -0.4 is 4.90 Å². The normalized spacial score (nSPS) is 21.4. The maximum Gasteiger partial charge on any atom is 0.304 e. The third-order valence-corrected chi connectivity index (χ3v) is 5.93. The van der Waals surface area contributed by atoms with Gasteiger partial charge in [-0.1, -0.05) is 6.92 Å². The van der Waals surface area contributed by atoms with Crippen LogP contribution in [0.1, 0.15) is 31.2 Å². The fraction of sp³-hybridized carbons (Fsp3) is 0.667. The van der Waals surface area contributed by atoms with Crippen LogP contribution in [0.3, 0.4) is 0 Å². The molecule has 0 amide bonds. The Bertz CT molecular complexity index is 462. The van der Waals surface area contributed by atoms with Gasteiger partial charge in [0.05, 0.1) is 11.0 Å². The van der Waals surface area contributed by atoms with Crippen molar-refractivity contribution in [2.75, 3.05) is 23.7 Å². The molecule has 1 aromatic heterocycles. The van der Waals surface area contributed by atoms with Crippen molar-refractivity contribution in [1.82, 2.24) is 0 Å². The van der Waals surface area contributed by atoms with Crippen LogP contribution >= 0.6 is 23.1 Å². The predicted octanol–water partition coefficient (Wildman–Crippen LogP) is 3.04. The highest BCUT2D eigenvalue weighted by Gasteiger charge is 2.28. The first-order valence-electron chi connectivity index (χ1n) is 6.35. The second kappa shape index (κ2) is 6.11. The first kappa shape index (κ1) is 14.6. The molecule has 0 spiro atoms. The summed E-state index contributed by atoms with van der Waals surface area (Å²) in [6.45, 7) is 5.47. The van der Waals surface area contributed by atoms with Gasteiger partial charge in [-0.05, 0) is 13.3 Å². The molecule has 0 bridgehead atoms. The molecule has 19 heavy (non-hydrogen) atoms. The number of aliphatic hydroxyl groups excluding tert-OH is 1. The SMILES string of the molecule is CCC1CN(c2sc([C@H](C)O)cc2[N+](=O)[O-])CCS1. The third-order valence-electron chi connectivity index (χ3n) is 3.20. The maximum atomic E-state index is 11.2. The van der Waals surface area contributed by atoms with Crippen molar-refractivity contribution in [3.63, 3.8) is 0 Å². The van der Waals surface area contributed by atoms with Crippen LogP contribution in [0.25, 0.3) is 0 Å². The molecule has 1 unspecified atom stereocenters. The fourth-order valence-corrected chi connectivity index (χ4v) is 4.38. The van der Waals surface area contributed by atoms with Crippen LogP contribution in [0.4, 0.5) is 10.7 Å². The molecule has 1 aromatic rings. The predicted molar refractivity (Wildman–Crippen MR) is 80.4 cm³/mol. The molecular formula is C12H18N2O3S2. The van der Waals surface area contributed by atoms with Gasteiger partial charge < -0.3 is 10.0 Å². The quantitative estimate of drug-likeness (QED) is 0.684. The zero-order chi connectivity index (χ0) is 14.0. The fourth-order valence-electron chi connectivity index (χ4n) is 2.10. The van der Waals surface area contributed by atoms with Gasteiger partial charge in [0.25, 0.3) is 0 Å². The molecule has 1 fully saturated rings. The van der Waals surface area contributed by atoms with E-state index in [0.717, 1.165) is 25.3 Å². The highest BCUT2D eigenvalue weighted by atomic mass is 32.2. The van der Waals surface area contributed by atoms with Crippen LogP contribution in [-0.2, 0) is 0 Å². The van der Waals surface area contributed by atoms with E-state index < -0.39 is 6.10 Å². The highest BCUT2D eigenvalue weighted by molar-refractivity contribution is 8.00. The molecule has 2 heterocycles. The molecule has 0 saturated carbocycles. The summed E-state index contributed by atoms with van der Waals surface area (Å²) in [7, 11) is 0. The van der Waals surface area contributed by atoms with Crippen LogP contribution in [0.15, 0.2) is 6.07 Å². The van der Waals surface area contributed by atoms with E-state index in [1.54, 1.807) is 6.92 Å². The second-order valence-corrected chi connectivity index (χ2v) is 7.09. The van der Waals surface area contributed by atoms with Crippen molar-refractivity contribution in [2.45, 2.75) is 31.6 Å². The molecule has 0 aliphatic carbocycles. The highest BCUT2D eigenvalue weighted by Crippen LogP contribution is 2.41. The average Bonchev–Trinajstić information content (AvgIpc) is 2.84. The van der Waals surface area contributed by atoms with Crippen LogP contribution in [0, 0.1) is 10.1 Å². The molecule has 5 nitrogen and oxygen atoms in total. The van der Waals surface area contributed by atoms with Gasteiger partial charge in [0.2, 0.25) is 0 Å². The summed E-state index contributed by atoms with van der Waals surface area (Å²) in [6, 6.07) is 1.51. The number of hydrogen-bond donors (Lipinski definition) is 1. The van der Waals surface area contributed by atoms with Crippen molar-refractivity contribution in [2.24, 2.45) is 0 Å². The number of nitro groups is 1. The molecular weight excluding hydrogens is 284 g/mol. The van der Waals surface area contributed by atoms with E-state index in [9.17, 15) is 15.2 Å². The molecule has 106 valence electrons. The van der Waals surface area contributed by atoms with Crippen LogP contribution in [0.5, 0.6) is 0 Å². The Balaban J connectivity index is 2.29. The summed E-state index contributed by atoms with van der Waals surface area (Å²) >= 11 is 3.27. The summed E-state index contributed by atoms with van der Waals surface area (Å²) in [4.78, 5) is 13.6. The van der Waals surface area contributed by atoms with Gasteiger partial charge in [0.1, 0.15) is 0 Å². The topological polar surface area (TPSA) is 66.6 Å². The summed E-state index contributed by atoms with van der Waals surface area (Å²) in [5.41, 5.74) is 0.127. The summed E-state index contributed by atoms with van der Waals surface area (Å²) < 4.78 is 0. The number of hydrogen-bond acceptors (Lipinski definition) is 6. The lowest BCUT2D eigenvalue weighted by Gasteiger charge is -2.32. The van der Waals surface area contributed by atoms with E-state index in [1.807, 2.05) is 11.8 Å². The summed E-state index contributed by atoms with van der Waals surface area (Å²) in [5, 5.41) is 22.0. The Morgan fingerprint density at radius 2 is 2.42 bits per heavy atom. The number of thioether (sulfide) groups is 1. The Labute approximate surface area is 120 Å². The minimum Gasteiger partial charge on any atom is -0.388 e. The van der Waals surface area contributed by atoms with Crippen molar-refractivity contribution in [1.29, 1.82) is 0 Å². The largest absolute Gasteiger partial charge is 0.388 e. The van der Waals surface area contributed by atoms with E-state index >= 15 is 0 Å². The van der Waals surface area contributed by atoms with Gasteiger partial charge in [-0.25, -0.2) is 0 Å². The Kier molecular flexibility index (Phi) is 4.70. The smallest absolute Gasteiger partial charge is 0.304 e. The average molecular weight is 302 g/mol. The molecule has 2 atom stereocenters. The van der Waals surface area contributed by atoms with E-state index in [-0.39, 0.29) is 10.6 Å². The van der Waals surface area contributed by atoms with Crippen molar-refractivity contribution < 1.29 is 10.0 Å². The summed E-state index contributed by atoms with van der Waals surface area (Å²) in [6.07, 6.45) is 0.419. The first-order chi connectivity index (χ1) is 9.02. The van der Waals surface area contributed by atoms with Gasteiger partial charge in [-0.2, -0.15) is 11.8 Å². The maximum absolute atomic E-state index is 11.2.